The van der Waals surface area contributed by atoms with E-state index >= 15 is 0 Å². The fourth-order valence-corrected chi connectivity index (χ4v) is 3.27. The number of carbonyl (C=O) groups is 1. The summed E-state index contributed by atoms with van der Waals surface area (Å²) < 4.78 is 0. The summed E-state index contributed by atoms with van der Waals surface area (Å²) in [6.45, 7) is 8.44. The molecule has 1 amide bonds. The van der Waals surface area contributed by atoms with Crippen molar-refractivity contribution in [2.45, 2.75) is 52.5 Å². The zero-order chi connectivity index (χ0) is 14.4. The van der Waals surface area contributed by atoms with Crippen molar-refractivity contribution in [2.75, 3.05) is 7.05 Å². The van der Waals surface area contributed by atoms with Crippen molar-refractivity contribution < 1.29 is 4.79 Å². The molecule has 0 aliphatic heterocycles. The molecule has 19 heavy (non-hydrogen) atoms. The Bertz CT molecular complexity index is 462. The zero-order valence-corrected chi connectivity index (χ0v) is 12.7. The summed E-state index contributed by atoms with van der Waals surface area (Å²) in [7, 11) is 1.80. The summed E-state index contributed by atoms with van der Waals surface area (Å²) in [6.07, 6.45) is 4.91. The molecule has 3 heteroatoms. The first-order valence-corrected chi connectivity index (χ1v) is 7.10. The molecule has 0 spiro atoms. The largest absolute Gasteiger partial charge is 0.327 e. The molecule has 0 bridgehead atoms. The van der Waals surface area contributed by atoms with Gasteiger partial charge < -0.3 is 4.90 Å². The minimum absolute atomic E-state index is 0.0308. The second-order valence-electron chi connectivity index (χ2n) is 6.96. The normalized spacial score (nSPS) is 29.7. The molecule has 0 radical (unpaired) electrons. The Kier molecular flexibility index (Phi) is 3.24. The fraction of sp³-hybridized carbons (Fsp3) is 0.750. The predicted octanol–water partition coefficient (Wildman–Crippen LogP) is 3.13. The second-order valence-corrected chi connectivity index (χ2v) is 6.96. The van der Waals surface area contributed by atoms with Crippen LogP contribution in [-0.2, 0) is 4.79 Å². The maximum Gasteiger partial charge on any atom is 0.227 e. The molecule has 104 valence electrons. The topological polar surface area (TPSA) is 44.1 Å². The third-order valence-corrected chi connectivity index (χ3v) is 5.05. The lowest BCUT2D eigenvalue weighted by atomic mass is 9.76. The van der Waals surface area contributed by atoms with Crippen LogP contribution in [0.2, 0.25) is 0 Å². The molecule has 2 rings (SSSR count). The summed E-state index contributed by atoms with van der Waals surface area (Å²) in [5.41, 5.74) is 0.767. The van der Waals surface area contributed by atoms with E-state index in [1.54, 1.807) is 11.9 Å². The Morgan fingerprint density at radius 1 is 1.37 bits per heavy atom. The molecule has 2 atom stereocenters. The summed E-state index contributed by atoms with van der Waals surface area (Å²) >= 11 is 0. The average Bonchev–Trinajstić information content (AvgIpc) is 2.77. The first-order valence-electron chi connectivity index (χ1n) is 7.10. The highest BCUT2D eigenvalue weighted by Gasteiger charge is 2.62. The van der Waals surface area contributed by atoms with E-state index in [2.05, 4.69) is 39.8 Å². The van der Waals surface area contributed by atoms with Crippen molar-refractivity contribution in [3.8, 4) is 6.07 Å². The van der Waals surface area contributed by atoms with Crippen LogP contribution in [0.1, 0.15) is 47.0 Å². The third-order valence-electron chi connectivity index (χ3n) is 5.05. The van der Waals surface area contributed by atoms with Gasteiger partial charge in [-0.05, 0) is 44.4 Å². The standard InChI is InChI=1S/C16H24N2O/c1-11(2)9-12-13(15(12,3)4)14(19)18(5)16(10-17)7-6-8-16/h9,12-13H,6-8H2,1-5H3. The third kappa shape index (κ3) is 2.08. The number of carbonyl (C=O) groups excluding carboxylic acids is 1. The smallest absolute Gasteiger partial charge is 0.227 e. The minimum atomic E-state index is -0.523. The van der Waals surface area contributed by atoms with E-state index in [0.29, 0.717) is 5.92 Å². The van der Waals surface area contributed by atoms with E-state index in [4.69, 9.17) is 0 Å². The van der Waals surface area contributed by atoms with E-state index in [0.717, 1.165) is 19.3 Å². The first-order chi connectivity index (χ1) is 8.76. The molecule has 2 unspecified atom stereocenters. The summed E-state index contributed by atoms with van der Waals surface area (Å²) in [5.74, 6) is 0.509. The summed E-state index contributed by atoms with van der Waals surface area (Å²) in [6, 6.07) is 2.35. The van der Waals surface area contributed by atoms with Crippen LogP contribution >= 0.6 is 0 Å². The highest BCUT2D eigenvalue weighted by Crippen LogP contribution is 2.60. The molecule has 2 aliphatic carbocycles. The average molecular weight is 260 g/mol. The summed E-state index contributed by atoms with van der Waals surface area (Å²) in [5, 5.41) is 9.34. The SMILES string of the molecule is CC(C)=CC1C(C(=O)N(C)C2(C#N)CCC2)C1(C)C. The van der Waals surface area contributed by atoms with Crippen LogP contribution in [0.25, 0.3) is 0 Å². The van der Waals surface area contributed by atoms with Gasteiger partial charge in [-0.3, -0.25) is 4.79 Å². The first kappa shape index (κ1) is 14.1. The van der Waals surface area contributed by atoms with E-state index in [1.165, 1.54) is 5.57 Å². The Hall–Kier alpha value is -1.30. The number of nitrogens with zero attached hydrogens (tertiary/aromatic N) is 2. The zero-order valence-electron chi connectivity index (χ0n) is 12.7. The number of hydrogen-bond donors (Lipinski definition) is 0. The lowest BCUT2D eigenvalue weighted by molar-refractivity contribution is -0.138. The van der Waals surface area contributed by atoms with Gasteiger partial charge in [0.15, 0.2) is 0 Å². The van der Waals surface area contributed by atoms with Gasteiger partial charge in [0.1, 0.15) is 5.54 Å². The van der Waals surface area contributed by atoms with Gasteiger partial charge in [0.2, 0.25) is 5.91 Å². The van der Waals surface area contributed by atoms with Crippen LogP contribution in [0.15, 0.2) is 11.6 Å². The number of nitriles is 1. The van der Waals surface area contributed by atoms with Crippen LogP contribution in [0.3, 0.4) is 0 Å². The van der Waals surface area contributed by atoms with E-state index in [9.17, 15) is 10.1 Å². The quantitative estimate of drug-likeness (QED) is 0.732. The monoisotopic (exact) mass is 260 g/mol. The molecule has 2 aliphatic rings. The van der Waals surface area contributed by atoms with Crippen molar-refractivity contribution in [3.63, 3.8) is 0 Å². The van der Waals surface area contributed by atoms with E-state index in [1.807, 2.05) is 0 Å². The van der Waals surface area contributed by atoms with Gasteiger partial charge in [0.05, 0.1) is 12.0 Å². The van der Waals surface area contributed by atoms with Gasteiger partial charge in [-0.2, -0.15) is 5.26 Å². The molecular weight excluding hydrogens is 236 g/mol. The molecule has 0 N–H and O–H groups in total. The molecule has 3 nitrogen and oxygen atoms in total. The predicted molar refractivity (Wildman–Crippen MR) is 75.2 cm³/mol. The molecule has 0 aromatic heterocycles. The van der Waals surface area contributed by atoms with E-state index < -0.39 is 5.54 Å². The Labute approximate surface area is 116 Å². The van der Waals surface area contributed by atoms with Crippen molar-refractivity contribution in [3.05, 3.63) is 11.6 Å². The molecule has 0 saturated heterocycles. The number of allylic oxidation sites excluding steroid dienone is 2. The lowest BCUT2D eigenvalue weighted by Gasteiger charge is -2.43. The van der Waals surface area contributed by atoms with Gasteiger partial charge in [-0.15, -0.1) is 0 Å². The molecule has 0 aromatic rings. The van der Waals surface area contributed by atoms with Gasteiger partial charge in [-0.25, -0.2) is 0 Å². The van der Waals surface area contributed by atoms with Crippen LogP contribution < -0.4 is 0 Å². The van der Waals surface area contributed by atoms with Crippen molar-refractivity contribution in [1.29, 1.82) is 5.26 Å². The molecular formula is C16H24N2O. The Morgan fingerprint density at radius 2 is 1.95 bits per heavy atom. The highest BCUT2D eigenvalue weighted by atomic mass is 16.2. The number of hydrogen-bond acceptors (Lipinski definition) is 2. The van der Waals surface area contributed by atoms with Gasteiger partial charge in [0.25, 0.3) is 0 Å². The lowest BCUT2D eigenvalue weighted by Crippen LogP contribution is -2.54. The van der Waals surface area contributed by atoms with Crippen molar-refractivity contribution in [2.24, 2.45) is 17.3 Å². The van der Waals surface area contributed by atoms with Crippen molar-refractivity contribution >= 4 is 5.91 Å². The summed E-state index contributed by atoms with van der Waals surface area (Å²) in [4.78, 5) is 14.4. The maximum atomic E-state index is 12.7. The minimum Gasteiger partial charge on any atom is -0.327 e. The van der Waals surface area contributed by atoms with E-state index in [-0.39, 0.29) is 17.2 Å². The van der Waals surface area contributed by atoms with Crippen LogP contribution in [0.4, 0.5) is 0 Å². The van der Waals surface area contributed by atoms with Crippen LogP contribution in [0, 0.1) is 28.6 Å². The number of rotatable bonds is 3. The second kappa shape index (κ2) is 4.37. The highest BCUT2D eigenvalue weighted by molar-refractivity contribution is 5.84. The fourth-order valence-electron chi connectivity index (χ4n) is 3.27. The van der Waals surface area contributed by atoms with Gasteiger partial charge in [-0.1, -0.05) is 25.5 Å². The number of amides is 1. The van der Waals surface area contributed by atoms with Crippen LogP contribution in [0.5, 0.6) is 0 Å². The molecule has 2 saturated carbocycles. The Balaban J connectivity index is 2.14. The molecule has 0 aromatic carbocycles. The van der Waals surface area contributed by atoms with Gasteiger partial charge >= 0.3 is 0 Å². The molecule has 2 fully saturated rings. The van der Waals surface area contributed by atoms with Crippen molar-refractivity contribution in [1.82, 2.24) is 4.90 Å². The Morgan fingerprint density at radius 3 is 2.32 bits per heavy atom. The molecule has 0 heterocycles. The maximum absolute atomic E-state index is 12.7. The van der Waals surface area contributed by atoms with Crippen LogP contribution in [-0.4, -0.2) is 23.4 Å². The van der Waals surface area contributed by atoms with Gasteiger partial charge in [0, 0.05) is 7.05 Å².